The lowest BCUT2D eigenvalue weighted by molar-refractivity contribution is 0.619. The predicted octanol–water partition coefficient (Wildman–Crippen LogP) is 2.77. The van der Waals surface area contributed by atoms with E-state index >= 15 is 0 Å². The number of nitrogens with one attached hydrogen (secondary N) is 1. The van der Waals surface area contributed by atoms with E-state index in [2.05, 4.69) is 26.0 Å². The molecule has 0 spiro atoms. The first kappa shape index (κ1) is 11.4. The maximum Gasteiger partial charge on any atom is 0.274 e. The Hall–Kier alpha value is -1.69. The summed E-state index contributed by atoms with van der Waals surface area (Å²) >= 11 is 3.33. The van der Waals surface area contributed by atoms with E-state index < -0.39 is 5.82 Å². The molecule has 0 bridgehead atoms. The molecular weight excluding hydrogens is 301 g/mol. The minimum Gasteiger partial charge on any atom is -0.316 e. The Morgan fingerprint density at radius 3 is 2.89 bits per heavy atom. The van der Waals surface area contributed by atoms with Gasteiger partial charge in [0.2, 0.25) is 0 Å². The van der Waals surface area contributed by atoms with Crippen LogP contribution in [0.5, 0.6) is 0 Å². The van der Waals surface area contributed by atoms with Gasteiger partial charge in [0.05, 0.1) is 11.7 Å². The standard InChI is InChI=1S/C12H9BrFN3O/c1-6(13)7-2-3-8-11(10(7)14)16-12(18)9-4-5-15-17(8)9/h2-6H,1H3,(H,16,18). The van der Waals surface area contributed by atoms with Gasteiger partial charge in [0.25, 0.3) is 5.56 Å². The SMILES string of the molecule is CC(Br)c1ccc2c([nH]c(=O)c3ccnn32)c1F. The van der Waals surface area contributed by atoms with Crippen LogP contribution < -0.4 is 5.56 Å². The van der Waals surface area contributed by atoms with Crippen molar-refractivity contribution < 1.29 is 4.39 Å². The number of hydrogen-bond donors (Lipinski definition) is 1. The van der Waals surface area contributed by atoms with E-state index in [4.69, 9.17) is 0 Å². The van der Waals surface area contributed by atoms with Gasteiger partial charge in [0.1, 0.15) is 11.0 Å². The monoisotopic (exact) mass is 309 g/mol. The Morgan fingerprint density at radius 2 is 2.17 bits per heavy atom. The molecule has 2 heterocycles. The summed E-state index contributed by atoms with van der Waals surface area (Å²) in [6.07, 6.45) is 1.52. The van der Waals surface area contributed by atoms with Crippen molar-refractivity contribution in [2.45, 2.75) is 11.8 Å². The summed E-state index contributed by atoms with van der Waals surface area (Å²) in [4.78, 5) is 14.2. The van der Waals surface area contributed by atoms with E-state index in [9.17, 15) is 9.18 Å². The first-order chi connectivity index (χ1) is 8.59. The van der Waals surface area contributed by atoms with Crippen molar-refractivity contribution in [1.29, 1.82) is 0 Å². The Bertz CT molecular complexity index is 806. The molecule has 6 heteroatoms. The molecule has 0 aliphatic carbocycles. The lowest BCUT2D eigenvalue weighted by Gasteiger charge is -2.09. The number of halogens is 2. The zero-order valence-electron chi connectivity index (χ0n) is 9.45. The van der Waals surface area contributed by atoms with Crippen LogP contribution in [-0.4, -0.2) is 14.6 Å². The Labute approximate surface area is 110 Å². The molecule has 0 fully saturated rings. The first-order valence-electron chi connectivity index (χ1n) is 5.42. The maximum absolute atomic E-state index is 14.3. The summed E-state index contributed by atoms with van der Waals surface area (Å²) in [5.41, 5.74) is 1.29. The molecule has 92 valence electrons. The van der Waals surface area contributed by atoms with Crippen molar-refractivity contribution in [3.8, 4) is 0 Å². The third kappa shape index (κ3) is 1.49. The molecule has 1 atom stereocenters. The number of aromatic nitrogens is 3. The number of alkyl halides is 1. The quantitative estimate of drug-likeness (QED) is 0.703. The fraction of sp³-hybridized carbons (Fsp3) is 0.167. The van der Waals surface area contributed by atoms with Crippen LogP contribution in [0.15, 0.2) is 29.2 Å². The van der Waals surface area contributed by atoms with Crippen molar-refractivity contribution >= 4 is 32.5 Å². The van der Waals surface area contributed by atoms with Crippen molar-refractivity contribution in [2.24, 2.45) is 0 Å². The van der Waals surface area contributed by atoms with Gasteiger partial charge >= 0.3 is 0 Å². The molecule has 0 radical (unpaired) electrons. The van der Waals surface area contributed by atoms with Crippen LogP contribution in [0.25, 0.3) is 16.6 Å². The first-order valence-corrected chi connectivity index (χ1v) is 6.33. The Morgan fingerprint density at radius 1 is 1.39 bits per heavy atom. The summed E-state index contributed by atoms with van der Waals surface area (Å²) < 4.78 is 15.7. The van der Waals surface area contributed by atoms with Crippen LogP contribution in [-0.2, 0) is 0 Å². The summed E-state index contributed by atoms with van der Waals surface area (Å²) in [5.74, 6) is -0.425. The average Bonchev–Trinajstić information content (AvgIpc) is 2.80. The smallest absolute Gasteiger partial charge is 0.274 e. The summed E-state index contributed by atoms with van der Waals surface area (Å²) in [7, 11) is 0. The molecule has 2 aromatic heterocycles. The molecule has 0 saturated heterocycles. The Kier molecular flexibility index (Phi) is 2.48. The number of H-pyrrole nitrogens is 1. The van der Waals surface area contributed by atoms with Gasteiger partial charge in [-0.05, 0) is 19.1 Å². The number of benzene rings is 1. The van der Waals surface area contributed by atoms with Crippen LogP contribution in [0.4, 0.5) is 4.39 Å². The minimum absolute atomic E-state index is 0.126. The second-order valence-electron chi connectivity index (χ2n) is 4.06. The average molecular weight is 310 g/mol. The summed E-state index contributed by atoms with van der Waals surface area (Å²) in [6.45, 7) is 1.83. The second kappa shape index (κ2) is 3.91. The Balaban J connectivity index is 2.53. The molecule has 0 saturated carbocycles. The lowest BCUT2D eigenvalue weighted by atomic mass is 10.1. The van der Waals surface area contributed by atoms with E-state index in [1.54, 1.807) is 18.2 Å². The van der Waals surface area contributed by atoms with Crippen LogP contribution >= 0.6 is 15.9 Å². The number of rotatable bonds is 1. The lowest BCUT2D eigenvalue weighted by Crippen LogP contribution is -2.12. The minimum atomic E-state index is -0.425. The normalized spacial score (nSPS) is 13.3. The fourth-order valence-electron chi connectivity index (χ4n) is 2.03. The van der Waals surface area contributed by atoms with Gasteiger partial charge in [0.15, 0.2) is 5.82 Å². The van der Waals surface area contributed by atoms with E-state index in [1.807, 2.05) is 6.92 Å². The molecule has 0 amide bonds. The van der Waals surface area contributed by atoms with Gasteiger partial charge in [-0.25, -0.2) is 8.91 Å². The number of aromatic amines is 1. The van der Waals surface area contributed by atoms with Crippen LogP contribution in [0.1, 0.15) is 17.3 Å². The van der Waals surface area contributed by atoms with E-state index in [-0.39, 0.29) is 15.9 Å². The zero-order chi connectivity index (χ0) is 12.9. The molecule has 1 aromatic carbocycles. The van der Waals surface area contributed by atoms with Crippen LogP contribution in [0.2, 0.25) is 0 Å². The van der Waals surface area contributed by atoms with Crippen LogP contribution in [0.3, 0.4) is 0 Å². The highest BCUT2D eigenvalue weighted by atomic mass is 79.9. The molecule has 0 aliphatic rings. The highest BCUT2D eigenvalue weighted by Gasteiger charge is 2.15. The van der Waals surface area contributed by atoms with Crippen molar-refractivity contribution in [1.82, 2.24) is 14.6 Å². The van der Waals surface area contributed by atoms with Crippen molar-refractivity contribution in [2.75, 3.05) is 0 Å². The van der Waals surface area contributed by atoms with Crippen molar-refractivity contribution in [3.63, 3.8) is 0 Å². The summed E-state index contributed by atoms with van der Waals surface area (Å²) in [6, 6.07) is 5.04. The molecule has 0 aliphatic heterocycles. The van der Waals surface area contributed by atoms with Gasteiger partial charge in [-0.3, -0.25) is 4.79 Å². The highest BCUT2D eigenvalue weighted by Crippen LogP contribution is 2.28. The van der Waals surface area contributed by atoms with E-state index in [0.29, 0.717) is 16.6 Å². The third-order valence-electron chi connectivity index (χ3n) is 2.92. The molecule has 18 heavy (non-hydrogen) atoms. The fourth-order valence-corrected chi connectivity index (χ4v) is 2.38. The largest absolute Gasteiger partial charge is 0.316 e. The van der Waals surface area contributed by atoms with Gasteiger partial charge in [-0.15, -0.1) is 0 Å². The van der Waals surface area contributed by atoms with Gasteiger partial charge in [-0.2, -0.15) is 5.10 Å². The number of fused-ring (bicyclic) bond motifs is 3. The molecular formula is C12H9BrFN3O. The molecule has 3 aromatic rings. The summed E-state index contributed by atoms with van der Waals surface area (Å²) in [5, 5.41) is 4.04. The molecule has 3 rings (SSSR count). The molecule has 4 nitrogen and oxygen atoms in total. The van der Waals surface area contributed by atoms with Gasteiger partial charge < -0.3 is 4.98 Å². The van der Waals surface area contributed by atoms with E-state index in [0.717, 1.165) is 0 Å². The highest BCUT2D eigenvalue weighted by molar-refractivity contribution is 9.09. The van der Waals surface area contributed by atoms with Gasteiger partial charge in [-0.1, -0.05) is 22.0 Å². The second-order valence-corrected chi connectivity index (χ2v) is 5.43. The van der Waals surface area contributed by atoms with Crippen molar-refractivity contribution in [3.05, 3.63) is 46.1 Å². The van der Waals surface area contributed by atoms with Crippen LogP contribution in [0, 0.1) is 5.82 Å². The third-order valence-corrected chi connectivity index (χ3v) is 3.41. The van der Waals surface area contributed by atoms with E-state index in [1.165, 1.54) is 10.7 Å². The number of nitrogens with zero attached hydrogens (tertiary/aromatic N) is 2. The molecule has 1 N–H and O–H groups in total. The topological polar surface area (TPSA) is 50.2 Å². The predicted molar refractivity (Wildman–Crippen MR) is 70.6 cm³/mol. The zero-order valence-corrected chi connectivity index (χ0v) is 11.0. The van der Waals surface area contributed by atoms with Gasteiger partial charge in [0, 0.05) is 10.4 Å². The maximum atomic E-state index is 14.3. The molecule has 1 unspecified atom stereocenters. The number of hydrogen-bond acceptors (Lipinski definition) is 2.